The molecule has 1 aromatic rings. The smallest absolute Gasteiger partial charge is 0.243 e. The molecule has 0 atom stereocenters. The Balaban J connectivity index is 1.71. The molecule has 0 unspecified atom stereocenters. The summed E-state index contributed by atoms with van der Waals surface area (Å²) in [5.41, 5.74) is -0.476. The zero-order valence-corrected chi connectivity index (χ0v) is 14.5. The predicted molar refractivity (Wildman–Crippen MR) is 92.1 cm³/mol. The van der Waals surface area contributed by atoms with Crippen molar-refractivity contribution in [3.8, 4) is 0 Å². The fraction of sp³-hybridized carbons (Fsp3) is 0.556. The zero-order chi connectivity index (χ0) is 18.9. The molecule has 0 heterocycles. The highest BCUT2D eigenvalue weighted by molar-refractivity contribution is 5.94. The van der Waals surface area contributed by atoms with E-state index in [1.54, 1.807) is 0 Å². The first kappa shape index (κ1) is 20.2. The van der Waals surface area contributed by atoms with Gasteiger partial charge in [-0.2, -0.15) is 0 Å². The molecule has 2 amide bonds. The van der Waals surface area contributed by atoms with E-state index in [0.29, 0.717) is 12.1 Å². The van der Waals surface area contributed by atoms with Crippen LogP contribution in [0.15, 0.2) is 12.1 Å². The number of hydrogen-bond acceptors (Lipinski definition) is 3. The van der Waals surface area contributed by atoms with Gasteiger partial charge in [-0.1, -0.05) is 32.1 Å². The average Bonchev–Trinajstić information content (AvgIpc) is 2.59. The van der Waals surface area contributed by atoms with Crippen molar-refractivity contribution in [3.63, 3.8) is 0 Å². The van der Waals surface area contributed by atoms with Crippen LogP contribution in [-0.4, -0.2) is 30.9 Å². The molecule has 2 rings (SSSR count). The lowest BCUT2D eigenvalue weighted by Gasteiger charge is -2.20. The quantitative estimate of drug-likeness (QED) is 0.674. The van der Waals surface area contributed by atoms with Crippen molar-refractivity contribution < 1.29 is 22.8 Å². The molecule has 1 saturated carbocycles. The lowest BCUT2D eigenvalue weighted by molar-refractivity contribution is -0.123. The summed E-state index contributed by atoms with van der Waals surface area (Å²) in [6, 6.07) is 1.93. The van der Waals surface area contributed by atoms with Crippen LogP contribution in [-0.2, 0) is 9.59 Å². The highest BCUT2D eigenvalue weighted by atomic mass is 19.2. The highest BCUT2D eigenvalue weighted by Crippen LogP contribution is 2.19. The van der Waals surface area contributed by atoms with E-state index >= 15 is 0 Å². The van der Waals surface area contributed by atoms with Gasteiger partial charge in [-0.05, 0) is 25.0 Å². The lowest BCUT2D eigenvalue weighted by atomic mass is 9.97. The van der Waals surface area contributed by atoms with Crippen molar-refractivity contribution in [3.05, 3.63) is 29.6 Å². The topological polar surface area (TPSA) is 70.2 Å². The maximum Gasteiger partial charge on any atom is 0.243 e. The summed E-state index contributed by atoms with van der Waals surface area (Å²) in [4.78, 5) is 23.6. The van der Waals surface area contributed by atoms with Crippen LogP contribution in [0.5, 0.6) is 0 Å². The van der Waals surface area contributed by atoms with Crippen LogP contribution in [0.1, 0.15) is 44.9 Å². The van der Waals surface area contributed by atoms with Crippen molar-refractivity contribution in [2.45, 2.75) is 51.0 Å². The standard InChI is InChI=1S/C18H24F3N3O2/c19-13-8-9-14(18(21)17(13)20)24-16(26)11-23-15(25)10-22-12-6-4-2-1-3-5-7-12/h8-9,12,22H,1-7,10-11H2,(H,23,25)(H,24,26). The fourth-order valence-corrected chi connectivity index (χ4v) is 2.96. The maximum atomic E-state index is 13.5. The van der Waals surface area contributed by atoms with Gasteiger partial charge < -0.3 is 16.0 Å². The Bertz CT molecular complexity index is 632. The number of carbonyl (C=O) groups is 2. The van der Waals surface area contributed by atoms with Gasteiger partial charge >= 0.3 is 0 Å². The van der Waals surface area contributed by atoms with E-state index in [9.17, 15) is 22.8 Å². The molecule has 0 radical (unpaired) electrons. The second-order valence-corrected chi connectivity index (χ2v) is 6.47. The van der Waals surface area contributed by atoms with E-state index in [1.807, 2.05) is 0 Å². The third kappa shape index (κ3) is 6.33. The van der Waals surface area contributed by atoms with Gasteiger partial charge in [0.2, 0.25) is 11.8 Å². The van der Waals surface area contributed by atoms with Crippen molar-refractivity contribution >= 4 is 17.5 Å². The number of amides is 2. The van der Waals surface area contributed by atoms with Gasteiger partial charge in [-0.25, -0.2) is 13.2 Å². The van der Waals surface area contributed by atoms with Crippen molar-refractivity contribution in [1.29, 1.82) is 0 Å². The highest BCUT2D eigenvalue weighted by Gasteiger charge is 2.16. The summed E-state index contributed by atoms with van der Waals surface area (Å²) in [5.74, 6) is -5.55. The van der Waals surface area contributed by atoms with Gasteiger partial charge in [0, 0.05) is 6.04 Å². The summed E-state index contributed by atoms with van der Waals surface area (Å²) in [5, 5.41) is 7.70. The molecule has 144 valence electrons. The van der Waals surface area contributed by atoms with Gasteiger partial charge in [0.1, 0.15) is 0 Å². The Kier molecular flexibility index (Phi) is 7.90. The molecular weight excluding hydrogens is 347 g/mol. The number of nitrogens with one attached hydrogen (secondary N) is 3. The van der Waals surface area contributed by atoms with Crippen LogP contribution < -0.4 is 16.0 Å². The monoisotopic (exact) mass is 371 g/mol. The summed E-state index contributed by atoms with van der Waals surface area (Å²) in [7, 11) is 0. The van der Waals surface area contributed by atoms with E-state index < -0.39 is 29.0 Å². The number of rotatable bonds is 6. The molecule has 1 fully saturated rings. The lowest BCUT2D eigenvalue weighted by Crippen LogP contribution is -2.42. The zero-order valence-electron chi connectivity index (χ0n) is 14.5. The molecule has 0 saturated heterocycles. The molecule has 1 aliphatic rings. The van der Waals surface area contributed by atoms with Crippen LogP contribution >= 0.6 is 0 Å². The van der Waals surface area contributed by atoms with E-state index in [4.69, 9.17) is 0 Å². The van der Waals surface area contributed by atoms with Crippen LogP contribution in [0.2, 0.25) is 0 Å². The minimum Gasteiger partial charge on any atom is -0.346 e. The normalized spacial score (nSPS) is 15.8. The first-order valence-electron chi connectivity index (χ1n) is 8.91. The molecule has 0 spiro atoms. The predicted octanol–water partition coefficient (Wildman–Crippen LogP) is 2.86. The van der Waals surface area contributed by atoms with Gasteiger partial charge in [0.15, 0.2) is 17.5 Å². The Hall–Kier alpha value is -2.09. The number of anilines is 1. The van der Waals surface area contributed by atoms with Crippen LogP contribution in [0.4, 0.5) is 18.9 Å². The van der Waals surface area contributed by atoms with Gasteiger partial charge in [0.05, 0.1) is 18.8 Å². The van der Waals surface area contributed by atoms with Crippen molar-refractivity contribution in [2.75, 3.05) is 18.4 Å². The Morgan fingerprint density at radius 1 is 0.885 bits per heavy atom. The molecule has 1 aliphatic carbocycles. The Labute approximate surface area is 150 Å². The number of carbonyl (C=O) groups excluding carboxylic acids is 2. The average molecular weight is 371 g/mol. The van der Waals surface area contributed by atoms with Gasteiger partial charge in [-0.3, -0.25) is 9.59 Å². The van der Waals surface area contributed by atoms with Crippen molar-refractivity contribution in [1.82, 2.24) is 10.6 Å². The molecule has 3 N–H and O–H groups in total. The second-order valence-electron chi connectivity index (χ2n) is 6.47. The van der Waals surface area contributed by atoms with Gasteiger partial charge in [-0.15, -0.1) is 0 Å². The molecule has 26 heavy (non-hydrogen) atoms. The first-order chi connectivity index (χ1) is 12.5. The van der Waals surface area contributed by atoms with E-state index in [1.165, 1.54) is 19.3 Å². The van der Waals surface area contributed by atoms with Crippen LogP contribution in [0.25, 0.3) is 0 Å². The molecule has 5 nitrogen and oxygen atoms in total. The largest absolute Gasteiger partial charge is 0.346 e. The van der Waals surface area contributed by atoms with E-state index in [-0.39, 0.29) is 19.0 Å². The summed E-state index contributed by atoms with van der Waals surface area (Å²) >= 11 is 0. The number of halogens is 3. The molecule has 0 bridgehead atoms. The van der Waals surface area contributed by atoms with Crippen LogP contribution in [0.3, 0.4) is 0 Å². The molecule has 0 aliphatic heterocycles. The first-order valence-corrected chi connectivity index (χ1v) is 8.91. The minimum absolute atomic E-state index is 0.0947. The summed E-state index contributed by atoms with van der Waals surface area (Å²) < 4.78 is 39.4. The third-order valence-electron chi connectivity index (χ3n) is 4.41. The molecular formula is C18H24F3N3O2. The third-order valence-corrected chi connectivity index (χ3v) is 4.41. The SMILES string of the molecule is O=C(CNC1CCCCCCC1)NCC(=O)Nc1ccc(F)c(F)c1F. The van der Waals surface area contributed by atoms with E-state index in [0.717, 1.165) is 31.7 Å². The van der Waals surface area contributed by atoms with Crippen LogP contribution in [0, 0.1) is 17.5 Å². The molecule has 1 aromatic carbocycles. The number of hydrogen-bond donors (Lipinski definition) is 3. The Morgan fingerprint density at radius 2 is 1.54 bits per heavy atom. The number of benzene rings is 1. The van der Waals surface area contributed by atoms with Gasteiger partial charge in [0.25, 0.3) is 0 Å². The minimum atomic E-state index is -1.66. The van der Waals surface area contributed by atoms with E-state index in [2.05, 4.69) is 16.0 Å². The maximum absolute atomic E-state index is 13.5. The summed E-state index contributed by atoms with van der Waals surface area (Å²) in [6.07, 6.45) is 8.03. The fourth-order valence-electron chi connectivity index (χ4n) is 2.96. The Morgan fingerprint density at radius 3 is 2.23 bits per heavy atom. The summed E-state index contributed by atoms with van der Waals surface area (Å²) in [6.45, 7) is -0.291. The van der Waals surface area contributed by atoms with Crippen molar-refractivity contribution in [2.24, 2.45) is 0 Å². The molecule has 0 aromatic heterocycles. The molecule has 8 heteroatoms. The second kappa shape index (κ2) is 10.2.